The number of aromatic amines is 1. The van der Waals surface area contributed by atoms with Gasteiger partial charge in [-0.05, 0) is 32.4 Å². The molecular weight excluding hydrogens is 452 g/mol. The lowest BCUT2D eigenvalue weighted by Crippen LogP contribution is -2.49. The van der Waals surface area contributed by atoms with E-state index in [9.17, 15) is 9.59 Å². The van der Waals surface area contributed by atoms with Crippen LogP contribution in [0.2, 0.25) is 5.02 Å². The number of H-pyrrole nitrogens is 1. The van der Waals surface area contributed by atoms with Gasteiger partial charge in [-0.2, -0.15) is 0 Å². The van der Waals surface area contributed by atoms with Gasteiger partial charge in [-0.1, -0.05) is 23.7 Å². The Balaban J connectivity index is 1.43. The van der Waals surface area contributed by atoms with Gasteiger partial charge in [-0.15, -0.1) is 0 Å². The van der Waals surface area contributed by atoms with Crippen molar-refractivity contribution in [3.63, 3.8) is 0 Å². The second-order valence-corrected chi connectivity index (χ2v) is 10.2. The second kappa shape index (κ2) is 7.71. The third kappa shape index (κ3) is 3.12. The van der Waals surface area contributed by atoms with E-state index in [4.69, 9.17) is 22.3 Å². The fraction of sp³-hybridized carbons (Fsp3) is 0.400. The van der Waals surface area contributed by atoms with E-state index in [0.29, 0.717) is 31.1 Å². The maximum absolute atomic E-state index is 12.7. The molecule has 3 aromatic rings. The number of aromatic nitrogens is 2. The molecule has 1 saturated carbocycles. The molecular formula is C25H27ClN6O2. The van der Waals surface area contributed by atoms with E-state index >= 15 is 0 Å². The standard InChI is InChI=1S/C25H27ClN6O2/c1-31-7-8-32(19(33)12-31)18-4-2-3-15-16(10-28-22(15)18)17-11-29-24-20(21(17)26)25(13-30-24)6-5-14(9-25)23(27)34/h2-4,10-11,14,28H,5-9,12-13H2,1H3,(H2,27,34)(H,29,30)/t14-,25-/m1/s1. The van der Waals surface area contributed by atoms with E-state index in [0.717, 1.165) is 58.5 Å². The number of hydrogen-bond donors (Lipinski definition) is 3. The molecule has 1 spiro atoms. The van der Waals surface area contributed by atoms with Gasteiger partial charge in [0.15, 0.2) is 0 Å². The summed E-state index contributed by atoms with van der Waals surface area (Å²) in [6.45, 7) is 2.61. The molecule has 2 atom stereocenters. The van der Waals surface area contributed by atoms with Crippen molar-refractivity contribution in [3.05, 3.63) is 41.2 Å². The summed E-state index contributed by atoms with van der Waals surface area (Å²) in [5, 5.41) is 5.06. The van der Waals surface area contributed by atoms with Crippen molar-refractivity contribution in [1.82, 2.24) is 14.9 Å². The quantitative estimate of drug-likeness (QED) is 0.536. The lowest BCUT2D eigenvalue weighted by molar-refractivity contribution is -0.122. The minimum Gasteiger partial charge on any atom is -0.369 e. The molecule has 34 heavy (non-hydrogen) atoms. The molecule has 0 unspecified atom stereocenters. The number of halogens is 1. The lowest BCUT2D eigenvalue weighted by Gasteiger charge is -2.32. The summed E-state index contributed by atoms with van der Waals surface area (Å²) in [4.78, 5) is 36.6. The molecule has 176 valence electrons. The van der Waals surface area contributed by atoms with Gasteiger partial charge in [0.05, 0.1) is 22.8 Å². The average molecular weight is 479 g/mol. The highest BCUT2D eigenvalue weighted by molar-refractivity contribution is 6.35. The van der Waals surface area contributed by atoms with Gasteiger partial charge in [-0.25, -0.2) is 4.98 Å². The number of hydrogen-bond acceptors (Lipinski definition) is 5. The smallest absolute Gasteiger partial charge is 0.241 e. The van der Waals surface area contributed by atoms with Crippen LogP contribution in [0.25, 0.3) is 22.0 Å². The number of nitrogens with one attached hydrogen (secondary N) is 2. The van der Waals surface area contributed by atoms with Gasteiger partial charge in [0, 0.05) is 65.4 Å². The highest BCUT2D eigenvalue weighted by Gasteiger charge is 2.48. The summed E-state index contributed by atoms with van der Waals surface area (Å²) < 4.78 is 0. The first-order chi connectivity index (χ1) is 16.4. The molecule has 2 amide bonds. The van der Waals surface area contributed by atoms with Crippen LogP contribution in [0.15, 0.2) is 30.6 Å². The third-order valence-electron chi connectivity index (χ3n) is 7.84. The number of amides is 2. The molecule has 3 aliphatic rings. The van der Waals surface area contributed by atoms with Crippen LogP contribution in [0.3, 0.4) is 0 Å². The van der Waals surface area contributed by atoms with Crippen LogP contribution in [-0.4, -0.2) is 59.9 Å². The molecule has 1 aromatic carbocycles. The van der Waals surface area contributed by atoms with Crippen molar-refractivity contribution in [2.75, 3.05) is 43.4 Å². The molecule has 6 rings (SSSR count). The Hall–Kier alpha value is -3.10. The summed E-state index contributed by atoms with van der Waals surface area (Å²) in [5.74, 6) is 0.507. The summed E-state index contributed by atoms with van der Waals surface area (Å²) in [5.41, 5.74) is 9.99. The van der Waals surface area contributed by atoms with E-state index in [2.05, 4.69) is 10.3 Å². The van der Waals surface area contributed by atoms with Gasteiger partial charge in [0.2, 0.25) is 11.8 Å². The van der Waals surface area contributed by atoms with E-state index in [-0.39, 0.29) is 23.1 Å². The van der Waals surface area contributed by atoms with Crippen LogP contribution in [0.1, 0.15) is 24.8 Å². The van der Waals surface area contributed by atoms with E-state index in [1.807, 2.05) is 47.4 Å². The number of para-hydroxylation sites is 1. The van der Waals surface area contributed by atoms with Gasteiger partial charge >= 0.3 is 0 Å². The normalized spacial score (nSPS) is 24.7. The summed E-state index contributed by atoms with van der Waals surface area (Å²) >= 11 is 7.09. The Morgan fingerprint density at radius 2 is 2.15 bits per heavy atom. The molecule has 9 heteroatoms. The fourth-order valence-electron chi connectivity index (χ4n) is 6.02. The summed E-state index contributed by atoms with van der Waals surface area (Å²) in [6.07, 6.45) is 6.07. The first kappa shape index (κ1) is 21.4. The number of likely N-dealkylation sites (N-methyl/N-ethyl adjacent to an activating group) is 1. The predicted octanol–water partition coefficient (Wildman–Crippen LogP) is 3.11. The van der Waals surface area contributed by atoms with E-state index < -0.39 is 0 Å². The number of benzene rings is 1. The largest absolute Gasteiger partial charge is 0.369 e. The second-order valence-electron chi connectivity index (χ2n) is 9.87. The number of primary amides is 1. The maximum Gasteiger partial charge on any atom is 0.241 e. The zero-order valence-electron chi connectivity index (χ0n) is 19.0. The van der Waals surface area contributed by atoms with Gasteiger partial charge in [0.25, 0.3) is 0 Å². The maximum atomic E-state index is 12.7. The minimum atomic E-state index is -0.242. The van der Waals surface area contributed by atoms with Crippen molar-refractivity contribution in [2.45, 2.75) is 24.7 Å². The van der Waals surface area contributed by atoms with E-state index in [1.54, 1.807) is 0 Å². The highest BCUT2D eigenvalue weighted by atomic mass is 35.5. The first-order valence-electron chi connectivity index (χ1n) is 11.7. The van der Waals surface area contributed by atoms with Crippen molar-refractivity contribution in [3.8, 4) is 11.1 Å². The highest BCUT2D eigenvalue weighted by Crippen LogP contribution is 2.53. The molecule has 2 aromatic heterocycles. The Labute approximate surface area is 202 Å². The van der Waals surface area contributed by atoms with Gasteiger partial charge < -0.3 is 20.9 Å². The monoisotopic (exact) mass is 478 g/mol. The molecule has 0 radical (unpaired) electrons. The average Bonchev–Trinajstić information content (AvgIpc) is 3.52. The number of piperazine rings is 1. The van der Waals surface area contributed by atoms with Crippen molar-refractivity contribution < 1.29 is 9.59 Å². The Morgan fingerprint density at radius 3 is 2.91 bits per heavy atom. The molecule has 2 fully saturated rings. The lowest BCUT2D eigenvalue weighted by atomic mass is 9.80. The van der Waals surface area contributed by atoms with E-state index in [1.165, 1.54) is 0 Å². The van der Waals surface area contributed by atoms with Crippen LogP contribution >= 0.6 is 11.6 Å². The zero-order chi connectivity index (χ0) is 23.6. The molecule has 1 saturated heterocycles. The van der Waals surface area contributed by atoms with Crippen LogP contribution in [0.5, 0.6) is 0 Å². The molecule has 2 aliphatic heterocycles. The molecule has 1 aliphatic carbocycles. The van der Waals surface area contributed by atoms with Gasteiger partial charge in [0.1, 0.15) is 5.82 Å². The topological polar surface area (TPSA) is 107 Å². The Kier molecular flexibility index (Phi) is 4.86. The van der Waals surface area contributed by atoms with Crippen LogP contribution in [-0.2, 0) is 15.0 Å². The number of carbonyl (C=O) groups is 2. The number of anilines is 2. The third-order valence-corrected chi connectivity index (χ3v) is 8.23. The van der Waals surface area contributed by atoms with Crippen LogP contribution < -0.4 is 16.0 Å². The first-order valence-corrected chi connectivity index (χ1v) is 12.1. The van der Waals surface area contributed by atoms with Crippen LogP contribution in [0, 0.1) is 5.92 Å². The molecule has 4 N–H and O–H groups in total. The summed E-state index contributed by atoms with van der Waals surface area (Å²) in [6, 6.07) is 6.00. The minimum absolute atomic E-state index is 0.0906. The summed E-state index contributed by atoms with van der Waals surface area (Å²) in [7, 11) is 1.96. The number of nitrogens with two attached hydrogens (primary N) is 1. The number of carbonyl (C=O) groups excluding carboxylic acids is 2. The SMILES string of the molecule is CN1CCN(c2cccc3c(-c4cnc5c(c4Cl)[C@@]4(CC[C@@H](C(N)=O)C4)CN5)c[nH]c23)C(=O)C1. The Bertz CT molecular complexity index is 1340. The van der Waals surface area contributed by atoms with Gasteiger partial charge in [-0.3, -0.25) is 14.5 Å². The van der Waals surface area contributed by atoms with Crippen LogP contribution in [0.4, 0.5) is 11.5 Å². The Morgan fingerprint density at radius 1 is 1.29 bits per heavy atom. The number of nitrogens with zero attached hydrogens (tertiary/aromatic N) is 3. The van der Waals surface area contributed by atoms with Crippen molar-refractivity contribution in [2.24, 2.45) is 11.7 Å². The number of pyridine rings is 1. The predicted molar refractivity (Wildman–Crippen MR) is 133 cm³/mol. The molecule has 4 heterocycles. The molecule has 0 bridgehead atoms. The number of fused-ring (bicyclic) bond motifs is 3. The fourth-order valence-corrected chi connectivity index (χ4v) is 6.47. The zero-order valence-corrected chi connectivity index (χ0v) is 19.8. The van der Waals surface area contributed by atoms with Crippen molar-refractivity contribution in [1.29, 1.82) is 0 Å². The molecule has 8 nitrogen and oxygen atoms in total. The van der Waals surface area contributed by atoms with Crippen molar-refractivity contribution >= 4 is 45.8 Å². The number of rotatable bonds is 3.